The van der Waals surface area contributed by atoms with Crippen molar-refractivity contribution in [1.29, 1.82) is 0 Å². The van der Waals surface area contributed by atoms with Gasteiger partial charge in [-0.2, -0.15) is 13.2 Å². The van der Waals surface area contributed by atoms with Gasteiger partial charge in [-0.1, -0.05) is 31.1 Å². The molecule has 1 rings (SSSR count). The molecular formula is C13H17F3N2O2. The predicted octanol–water partition coefficient (Wildman–Crippen LogP) is 3.25. The van der Waals surface area contributed by atoms with Gasteiger partial charge in [0.1, 0.15) is 11.6 Å². The fraction of sp³-hybridized carbons (Fsp3) is 0.462. The highest BCUT2D eigenvalue weighted by Crippen LogP contribution is 2.36. The van der Waals surface area contributed by atoms with Crippen LogP contribution in [0, 0.1) is 5.41 Å². The van der Waals surface area contributed by atoms with Crippen LogP contribution >= 0.6 is 0 Å². The third-order valence-corrected chi connectivity index (χ3v) is 2.98. The molecule has 0 heterocycles. The summed E-state index contributed by atoms with van der Waals surface area (Å²) in [5.41, 5.74) is 4.01. The summed E-state index contributed by atoms with van der Waals surface area (Å²) in [7, 11) is 0. The van der Waals surface area contributed by atoms with Gasteiger partial charge in [0.2, 0.25) is 0 Å². The number of rotatable bonds is 5. The van der Waals surface area contributed by atoms with Crippen molar-refractivity contribution in [3.05, 3.63) is 29.8 Å². The summed E-state index contributed by atoms with van der Waals surface area (Å²) in [6, 6.07) is 5.00. The molecule has 0 amide bonds. The topological polar surface area (TPSA) is 67.8 Å². The molecule has 1 aromatic rings. The highest BCUT2D eigenvalue weighted by molar-refractivity contribution is 5.85. The lowest BCUT2D eigenvalue weighted by Crippen LogP contribution is -2.33. The van der Waals surface area contributed by atoms with Crippen molar-refractivity contribution in [3.63, 3.8) is 0 Å². The Balaban J connectivity index is 2.73. The molecule has 0 radical (unpaired) electrons. The van der Waals surface area contributed by atoms with E-state index in [1.165, 1.54) is 18.2 Å². The number of oxime groups is 1. The standard InChI is InChI=1S/C13H17F3N2O2/c1-12(2,11(17)18-19)7-8-20-10-6-4-3-5-9(10)13(14,15)16/h3-6,19H,7-8H2,1-2H3,(H2,17,18). The maximum atomic E-state index is 12.7. The number of ether oxygens (including phenoxy) is 1. The molecule has 0 fully saturated rings. The van der Waals surface area contributed by atoms with Crippen molar-refractivity contribution >= 4 is 5.84 Å². The molecule has 112 valence electrons. The van der Waals surface area contributed by atoms with Crippen LogP contribution in [0.2, 0.25) is 0 Å². The zero-order chi connectivity index (χ0) is 15.4. The van der Waals surface area contributed by atoms with Gasteiger partial charge in [0, 0.05) is 5.41 Å². The van der Waals surface area contributed by atoms with E-state index in [1.54, 1.807) is 13.8 Å². The van der Waals surface area contributed by atoms with Gasteiger partial charge in [-0.25, -0.2) is 0 Å². The van der Waals surface area contributed by atoms with Gasteiger partial charge >= 0.3 is 6.18 Å². The minimum Gasteiger partial charge on any atom is -0.493 e. The highest BCUT2D eigenvalue weighted by atomic mass is 19.4. The van der Waals surface area contributed by atoms with E-state index >= 15 is 0 Å². The van der Waals surface area contributed by atoms with Crippen molar-refractivity contribution in [2.75, 3.05) is 6.61 Å². The fourth-order valence-electron chi connectivity index (χ4n) is 1.51. The molecule has 7 heteroatoms. The number of para-hydroxylation sites is 1. The van der Waals surface area contributed by atoms with Crippen LogP contribution in [0.4, 0.5) is 13.2 Å². The predicted molar refractivity (Wildman–Crippen MR) is 68.7 cm³/mol. The van der Waals surface area contributed by atoms with Crippen LogP contribution in [0.3, 0.4) is 0 Å². The van der Waals surface area contributed by atoms with Gasteiger partial charge in [0.15, 0.2) is 0 Å². The minimum absolute atomic E-state index is 0.00482. The van der Waals surface area contributed by atoms with Crippen LogP contribution in [0.15, 0.2) is 29.4 Å². The average Bonchev–Trinajstić information content (AvgIpc) is 2.37. The molecule has 0 atom stereocenters. The zero-order valence-corrected chi connectivity index (χ0v) is 11.2. The molecular weight excluding hydrogens is 273 g/mol. The second-order valence-electron chi connectivity index (χ2n) is 4.96. The van der Waals surface area contributed by atoms with Gasteiger partial charge in [-0.15, -0.1) is 0 Å². The second kappa shape index (κ2) is 6.02. The number of nitrogens with zero attached hydrogens (tertiary/aromatic N) is 1. The Bertz CT molecular complexity index is 485. The number of hydrogen-bond acceptors (Lipinski definition) is 3. The van der Waals surface area contributed by atoms with Crippen molar-refractivity contribution in [2.45, 2.75) is 26.4 Å². The number of hydrogen-bond donors (Lipinski definition) is 2. The van der Waals surface area contributed by atoms with E-state index in [0.29, 0.717) is 6.42 Å². The largest absolute Gasteiger partial charge is 0.493 e. The summed E-state index contributed by atoms with van der Waals surface area (Å²) < 4.78 is 43.4. The molecule has 0 spiro atoms. The lowest BCUT2D eigenvalue weighted by molar-refractivity contribution is -0.139. The maximum Gasteiger partial charge on any atom is 0.419 e. The lowest BCUT2D eigenvalue weighted by atomic mass is 9.88. The van der Waals surface area contributed by atoms with Gasteiger partial charge < -0.3 is 15.7 Å². The summed E-state index contributed by atoms with van der Waals surface area (Å²) in [5, 5.41) is 11.5. The van der Waals surface area contributed by atoms with Crippen LogP contribution in [0.5, 0.6) is 5.75 Å². The summed E-state index contributed by atoms with van der Waals surface area (Å²) in [5.74, 6) is -0.222. The third kappa shape index (κ3) is 4.04. The molecule has 0 saturated heterocycles. The van der Waals surface area contributed by atoms with E-state index in [-0.39, 0.29) is 18.2 Å². The summed E-state index contributed by atoms with van der Waals surface area (Å²) in [6.45, 7) is 3.44. The summed E-state index contributed by atoms with van der Waals surface area (Å²) in [6.07, 6.45) is -4.15. The number of halogens is 3. The molecule has 1 aromatic carbocycles. The van der Waals surface area contributed by atoms with E-state index in [1.807, 2.05) is 0 Å². The van der Waals surface area contributed by atoms with E-state index in [4.69, 9.17) is 15.7 Å². The molecule has 0 unspecified atom stereocenters. The number of benzene rings is 1. The summed E-state index contributed by atoms with van der Waals surface area (Å²) in [4.78, 5) is 0. The number of alkyl halides is 3. The Labute approximate surface area is 115 Å². The normalized spacial score (nSPS) is 13.3. The Kier molecular flexibility index (Phi) is 4.86. The molecule has 3 N–H and O–H groups in total. The van der Waals surface area contributed by atoms with E-state index in [2.05, 4.69) is 5.16 Å². The SMILES string of the molecule is CC(C)(CCOc1ccccc1C(F)(F)F)C(N)=NO. The van der Waals surface area contributed by atoms with Gasteiger partial charge in [0.05, 0.1) is 12.2 Å². The Morgan fingerprint density at radius 2 is 1.90 bits per heavy atom. The first kappa shape index (κ1) is 16.1. The van der Waals surface area contributed by atoms with Crippen molar-refractivity contribution in [3.8, 4) is 5.75 Å². The van der Waals surface area contributed by atoms with Gasteiger partial charge in [0.25, 0.3) is 0 Å². The van der Waals surface area contributed by atoms with Crippen LogP contribution in [-0.2, 0) is 6.18 Å². The van der Waals surface area contributed by atoms with E-state index in [0.717, 1.165) is 6.07 Å². The molecule has 20 heavy (non-hydrogen) atoms. The van der Waals surface area contributed by atoms with E-state index < -0.39 is 17.2 Å². The van der Waals surface area contributed by atoms with Crippen LogP contribution in [-0.4, -0.2) is 17.6 Å². The zero-order valence-electron chi connectivity index (χ0n) is 11.2. The van der Waals surface area contributed by atoms with Gasteiger partial charge in [-0.05, 0) is 18.6 Å². The van der Waals surface area contributed by atoms with Crippen molar-refractivity contribution in [1.82, 2.24) is 0 Å². The second-order valence-corrected chi connectivity index (χ2v) is 4.96. The highest BCUT2D eigenvalue weighted by Gasteiger charge is 2.34. The van der Waals surface area contributed by atoms with E-state index in [9.17, 15) is 13.2 Å². The molecule has 0 bridgehead atoms. The average molecular weight is 290 g/mol. The Hall–Kier alpha value is -1.92. The Morgan fingerprint density at radius 3 is 2.45 bits per heavy atom. The quantitative estimate of drug-likeness (QED) is 0.378. The molecule has 0 aliphatic carbocycles. The maximum absolute atomic E-state index is 12.7. The molecule has 0 aliphatic heterocycles. The first-order valence-electron chi connectivity index (χ1n) is 5.95. The fourth-order valence-corrected chi connectivity index (χ4v) is 1.51. The monoisotopic (exact) mass is 290 g/mol. The van der Waals surface area contributed by atoms with Crippen LogP contribution in [0.25, 0.3) is 0 Å². The third-order valence-electron chi connectivity index (χ3n) is 2.98. The smallest absolute Gasteiger partial charge is 0.419 e. The molecule has 0 aromatic heterocycles. The molecule has 0 saturated carbocycles. The minimum atomic E-state index is -4.46. The summed E-state index contributed by atoms with van der Waals surface area (Å²) >= 11 is 0. The van der Waals surface area contributed by atoms with Crippen molar-refractivity contribution < 1.29 is 23.1 Å². The number of amidine groups is 1. The van der Waals surface area contributed by atoms with Crippen molar-refractivity contribution in [2.24, 2.45) is 16.3 Å². The Morgan fingerprint density at radius 1 is 1.30 bits per heavy atom. The first-order chi connectivity index (χ1) is 9.18. The molecule has 0 aliphatic rings. The number of nitrogens with two attached hydrogens (primary N) is 1. The lowest BCUT2D eigenvalue weighted by Gasteiger charge is -2.23. The van der Waals surface area contributed by atoms with Crippen LogP contribution in [0.1, 0.15) is 25.8 Å². The first-order valence-corrected chi connectivity index (χ1v) is 5.95. The van der Waals surface area contributed by atoms with Crippen LogP contribution < -0.4 is 10.5 Å². The van der Waals surface area contributed by atoms with Gasteiger partial charge in [-0.3, -0.25) is 0 Å². The molecule has 4 nitrogen and oxygen atoms in total.